The average Bonchev–Trinajstić information content (AvgIpc) is 3.19. The molecule has 1 heterocycles. The quantitative estimate of drug-likeness (QED) is 0.722. The van der Waals surface area contributed by atoms with Crippen molar-refractivity contribution in [2.24, 2.45) is 0 Å². The molecule has 1 amide bonds. The minimum Gasteiger partial charge on any atom is -0.489 e. The number of aryl methyl sites for hydroxylation is 2. The first-order valence-corrected chi connectivity index (χ1v) is 9.28. The van der Waals surface area contributed by atoms with Crippen molar-refractivity contribution in [1.29, 1.82) is 0 Å². The van der Waals surface area contributed by atoms with Gasteiger partial charge in [-0.05, 0) is 77.9 Å². The summed E-state index contributed by atoms with van der Waals surface area (Å²) in [4.78, 5) is 16.4. The fraction of sp³-hybridized carbons (Fsp3) is 0.217. The molecular weight excluding hydrogens is 336 g/mol. The lowest BCUT2D eigenvalue weighted by molar-refractivity contribution is 0.0950. The number of nitrogens with one attached hydrogen (secondary N) is 1. The Kier molecular flexibility index (Phi) is 5.15. The summed E-state index contributed by atoms with van der Waals surface area (Å²) < 4.78 is 5.94. The maximum atomic E-state index is 12.4. The van der Waals surface area contributed by atoms with Crippen molar-refractivity contribution in [2.45, 2.75) is 32.4 Å². The van der Waals surface area contributed by atoms with E-state index in [2.05, 4.69) is 22.4 Å². The molecule has 0 saturated carbocycles. The first-order valence-electron chi connectivity index (χ1n) is 9.28. The number of benzene rings is 2. The lowest BCUT2D eigenvalue weighted by Crippen LogP contribution is -2.22. The third-order valence-corrected chi connectivity index (χ3v) is 4.87. The summed E-state index contributed by atoms with van der Waals surface area (Å²) in [5, 5.41) is 2.94. The molecule has 2 aromatic carbocycles. The van der Waals surface area contributed by atoms with Crippen molar-refractivity contribution in [3.63, 3.8) is 0 Å². The zero-order valence-corrected chi connectivity index (χ0v) is 15.2. The summed E-state index contributed by atoms with van der Waals surface area (Å²) in [6.07, 6.45) is 6.98. The fourth-order valence-electron chi connectivity index (χ4n) is 3.39. The SMILES string of the molecule is O=C(NCc1ccncc1)c1cccc(COc2ccc3c(c2)CCC3)c1. The Morgan fingerprint density at radius 3 is 2.70 bits per heavy atom. The number of rotatable bonds is 6. The molecule has 0 radical (unpaired) electrons. The number of hydrogen-bond donors (Lipinski definition) is 1. The maximum absolute atomic E-state index is 12.4. The lowest BCUT2D eigenvalue weighted by Gasteiger charge is -2.10. The highest BCUT2D eigenvalue weighted by Crippen LogP contribution is 2.26. The standard InChI is InChI=1S/C23H22N2O2/c26-23(25-15-17-9-11-24-12-10-17)21-6-1-3-18(13-21)16-27-22-8-7-19-4-2-5-20(19)14-22/h1,3,6-14H,2,4-5,15-16H2,(H,25,26). The number of ether oxygens (including phenoxy) is 1. The third kappa shape index (κ3) is 4.34. The number of amides is 1. The number of carbonyl (C=O) groups excluding carboxylic acids is 1. The Labute approximate surface area is 159 Å². The summed E-state index contributed by atoms with van der Waals surface area (Å²) in [5.41, 5.74) is 5.48. The maximum Gasteiger partial charge on any atom is 0.251 e. The molecule has 0 spiro atoms. The Balaban J connectivity index is 1.36. The highest BCUT2D eigenvalue weighted by atomic mass is 16.5. The van der Waals surface area contributed by atoms with E-state index in [1.54, 1.807) is 12.4 Å². The van der Waals surface area contributed by atoms with Crippen LogP contribution in [0.1, 0.15) is 39.0 Å². The van der Waals surface area contributed by atoms with Crippen molar-refractivity contribution < 1.29 is 9.53 Å². The molecule has 4 nitrogen and oxygen atoms in total. The number of carbonyl (C=O) groups is 1. The number of aromatic nitrogens is 1. The van der Waals surface area contributed by atoms with Crippen LogP contribution in [-0.4, -0.2) is 10.9 Å². The smallest absolute Gasteiger partial charge is 0.251 e. The largest absolute Gasteiger partial charge is 0.489 e. The minimum absolute atomic E-state index is 0.0915. The van der Waals surface area contributed by atoms with Gasteiger partial charge in [-0.25, -0.2) is 0 Å². The second-order valence-corrected chi connectivity index (χ2v) is 6.81. The van der Waals surface area contributed by atoms with Crippen molar-refractivity contribution in [1.82, 2.24) is 10.3 Å². The minimum atomic E-state index is -0.0915. The Hall–Kier alpha value is -3.14. The third-order valence-electron chi connectivity index (χ3n) is 4.87. The van der Waals surface area contributed by atoms with E-state index in [4.69, 9.17) is 4.74 Å². The van der Waals surface area contributed by atoms with Gasteiger partial charge < -0.3 is 10.1 Å². The molecule has 4 rings (SSSR count). The van der Waals surface area contributed by atoms with Gasteiger partial charge >= 0.3 is 0 Å². The summed E-state index contributed by atoms with van der Waals surface area (Å²) in [6, 6.07) is 17.7. The number of fused-ring (bicyclic) bond motifs is 1. The first-order chi connectivity index (χ1) is 13.3. The molecule has 1 aromatic heterocycles. The molecule has 4 heteroatoms. The van der Waals surface area contributed by atoms with Gasteiger partial charge in [0.1, 0.15) is 12.4 Å². The van der Waals surface area contributed by atoms with Crippen LogP contribution in [0.4, 0.5) is 0 Å². The second-order valence-electron chi connectivity index (χ2n) is 6.81. The van der Waals surface area contributed by atoms with Gasteiger partial charge in [0, 0.05) is 24.5 Å². The van der Waals surface area contributed by atoms with Crippen molar-refractivity contribution in [3.05, 3.63) is 94.8 Å². The van der Waals surface area contributed by atoms with Crippen LogP contribution in [-0.2, 0) is 26.0 Å². The topological polar surface area (TPSA) is 51.2 Å². The van der Waals surface area contributed by atoms with Gasteiger partial charge in [0.25, 0.3) is 5.91 Å². The zero-order chi connectivity index (χ0) is 18.5. The Bertz CT molecular complexity index is 938. The van der Waals surface area contributed by atoms with Crippen LogP contribution >= 0.6 is 0 Å². The van der Waals surface area contributed by atoms with Gasteiger partial charge in [0.05, 0.1) is 0 Å². The molecule has 136 valence electrons. The van der Waals surface area contributed by atoms with Gasteiger partial charge in [-0.2, -0.15) is 0 Å². The Morgan fingerprint density at radius 2 is 1.81 bits per heavy atom. The van der Waals surface area contributed by atoms with E-state index >= 15 is 0 Å². The van der Waals surface area contributed by atoms with E-state index in [0.717, 1.165) is 23.3 Å². The van der Waals surface area contributed by atoms with Gasteiger partial charge in [-0.15, -0.1) is 0 Å². The zero-order valence-electron chi connectivity index (χ0n) is 15.2. The highest BCUT2D eigenvalue weighted by molar-refractivity contribution is 5.94. The molecule has 0 bridgehead atoms. The molecule has 0 atom stereocenters. The van der Waals surface area contributed by atoms with E-state index in [9.17, 15) is 4.79 Å². The predicted molar refractivity (Wildman–Crippen MR) is 105 cm³/mol. The molecule has 1 N–H and O–H groups in total. The summed E-state index contributed by atoms with van der Waals surface area (Å²) in [6.45, 7) is 0.932. The van der Waals surface area contributed by atoms with Crippen LogP contribution in [0.15, 0.2) is 67.0 Å². The van der Waals surface area contributed by atoms with Crippen LogP contribution < -0.4 is 10.1 Å². The van der Waals surface area contributed by atoms with Crippen LogP contribution in [0.2, 0.25) is 0 Å². The molecule has 0 aliphatic heterocycles. The van der Waals surface area contributed by atoms with Gasteiger partial charge in [0.15, 0.2) is 0 Å². The summed E-state index contributed by atoms with van der Waals surface area (Å²) in [5.74, 6) is 0.800. The molecule has 1 aliphatic carbocycles. The summed E-state index contributed by atoms with van der Waals surface area (Å²) >= 11 is 0. The van der Waals surface area contributed by atoms with E-state index in [1.807, 2.05) is 42.5 Å². The molecule has 27 heavy (non-hydrogen) atoms. The first kappa shape index (κ1) is 17.3. The van der Waals surface area contributed by atoms with Crippen LogP contribution in [0.25, 0.3) is 0 Å². The fourth-order valence-corrected chi connectivity index (χ4v) is 3.39. The van der Waals surface area contributed by atoms with E-state index < -0.39 is 0 Å². The number of hydrogen-bond acceptors (Lipinski definition) is 3. The molecular formula is C23H22N2O2. The molecule has 0 unspecified atom stereocenters. The average molecular weight is 358 g/mol. The summed E-state index contributed by atoms with van der Waals surface area (Å²) in [7, 11) is 0. The lowest BCUT2D eigenvalue weighted by atomic mass is 10.1. The van der Waals surface area contributed by atoms with Crippen LogP contribution in [0.3, 0.4) is 0 Å². The van der Waals surface area contributed by atoms with Gasteiger partial charge in [0.2, 0.25) is 0 Å². The molecule has 0 fully saturated rings. The van der Waals surface area contributed by atoms with E-state index in [0.29, 0.717) is 18.7 Å². The van der Waals surface area contributed by atoms with Gasteiger partial charge in [-0.1, -0.05) is 18.2 Å². The van der Waals surface area contributed by atoms with Crippen molar-refractivity contribution in [3.8, 4) is 5.75 Å². The monoisotopic (exact) mass is 358 g/mol. The number of pyridine rings is 1. The predicted octanol–water partition coefficient (Wildman–Crippen LogP) is 4.08. The van der Waals surface area contributed by atoms with Crippen LogP contribution in [0.5, 0.6) is 5.75 Å². The van der Waals surface area contributed by atoms with Crippen molar-refractivity contribution in [2.75, 3.05) is 0 Å². The number of nitrogens with zero attached hydrogens (tertiary/aromatic N) is 1. The van der Waals surface area contributed by atoms with Crippen LogP contribution in [0, 0.1) is 0 Å². The van der Waals surface area contributed by atoms with Crippen molar-refractivity contribution >= 4 is 5.91 Å². The molecule has 3 aromatic rings. The second kappa shape index (κ2) is 8.04. The highest BCUT2D eigenvalue weighted by Gasteiger charge is 2.11. The molecule has 1 aliphatic rings. The normalized spacial score (nSPS) is 12.4. The van der Waals surface area contributed by atoms with Gasteiger partial charge in [-0.3, -0.25) is 9.78 Å². The van der Waals surface area contributed by atoms with E-state index in [-0.39, 0.29) is 5.91 Å². The van der Waals surface area contributed by atoms with E-state index in [1.165, 1.54) is 24.0 Å². The molecule has 0 saturated heterocycles. The Morgan fingerprint density at radius 1 is 0.963 bits per heavy atom.